The van der Waals surface area contributed by atoms with Crippen LogP contribution < -0.4 is 5.32 Å². The maximum atomic E-state index is 12.5. The van der Waals surface area contributed by atoms with Crippen LogP contribution >= 0.6 is 0 Å². The molecule has 0 spiro atoms. The van der Waals surface area contributed by atoms with Gasteiger partial charge < -0.3 is 29.9 Å². The number of halogens is 6. The van der Waals surface area contributed by atoms with E-state index in [1.165, 1.54) is 12.8 Å². The SMILES string of the molecule is O=C(NCc1ccccn1)[C@H]1C[C@@H]2CCN(CC3CCOCC3)C[C@H]2O1.O=C(O)C(F)(F)F.O=C(O)C(F)(F)F. The first-order valence-electron chi connectivity index (χ1n) is 12.4. The van der Waals surface area contributed by atoms with Crippen molar-refractivity contribution in [3.8, 4) is 0 Å². The average Bonchev–Trinajstić information content (AvgIpc) is 3.32. The van der Waals surface area contributed by atoms with Gasteiger partial charge >= 0.3 is 24.3 Å². The summed E-state index contributed by atoms with van der Waals surface area (Å²) < 4.78 is 75.1. The van der Waals surface area contributed by atoms with E-state index in [9.17, 15) is 31.1 Å². The highest BCUT2D eigenvalue weighted by Crippen LogP contribution is 2.34. The molecule has 1 aromatic heterocycles. The zero-order valence-corrected chi connectivity index (χ0v) is 21.3. The molecule has 3 aliphatic rings. The third kappa shape index (κ3) is 11.6. The van der Waals surface area contributed by atoms with Crippen LogP contribution in [0.3, 0.4) is 0 Å². The topological polar surface area (TPSA) is 138 Å². The Balaban J connectivity index is 0.000000333. The van der Waals surface area contributed by atoms with Crippen molar-refractivity contribution in [1.29, 1.82) is 0 Å². The van der Waals surface area contributed by atoms with Gasteiger partial charge in [-0.1, -0.05) is 6.07 Å². The van der Waals surface area contributed by atoms with Crippen molar-refractivity contribution in [2.75, 3.05) is 32.8 Å². The first kappa shape index (κ1) is 33.2. The minimum Gasteiger partial charge on any atom is -0.475 e. The molecule has 226 valence electrons. The maximum Gasteiger partial charge on any atom is 0.490 e. The molecule has 0 radical (unpaired) electrons. The van der Waals surface area contributed by atoms with Crippen LogP contribution in [0.5, 0.6) is 0 Å². The van der Waals surface area contributed by atoms with Crippen molar-refractivity contribution in [2.45, 2.75) is 56.8 Å². The molecule has 0 saturated carbocycles. The highest BCUT2D eigenvalue weighted by Gasteiger charge is 2.42. The molecule has 3 aliphatic heterocycles. The Labute approximate surface area is 225 Å². The van der Waals surface area contributed by atoms with Crippen molar-refractivity contribution in [2.24, 2.45) is 11.8 Å². The van der Waals surface area contributed by atoms with Gasteiger partial charge in [-0.3, -0.25) is 9.78 Å². The quantitative estimate of drug-likeness (QED) is 0.444. The lowest BCUT2D eigenvalue weighted by Gasteiger charge is -2.36. The molecule has 0 unspecified atom stereocenters. The van der Waals surface area contributed by atoms with E-state index in [0.717, 1.165) is 57.3 Å². The number of amides is 1. The van der Waals surface area contributed by atoms with Crippen molar-refractivity contribution >= 4 is 17.8 Å². The first-order chi connectivity index (χ1) is 18.7. The molecule has 3 saturated heterocycles. The lowest BCUT2D eigenvalue weighted by Crippen LogP contribution is -2.45. The van der Waals surface area contributed by atoms with Crippen LogP contribution in [-0.2, 0) is 30.4 Å². The lowest BCUT2D eigenvalue weighted by atomic mass is 9.90. The van der Waals surface area contributed by atoms with E-state index in [1.807, 2.05) is 18.2 Å². The summed E-state index contributed by atoms with van der Waals surface area (Å²) in [6.45, 7) is 5.51. The molecule has 3 fully saturated rings. The van der Waals surface area contributed by atoms with Crippen LogP contribution in [-0.4, -0.2) is 95.4 Å². The van der Waals surface area contributed by atoms with Gasteiger partial charge in [-0.2, -0.15) is 26.3 Å². The molecule has 3 atom stereocenters. The van der Waals surface area contributed by atoms with Gasteiger partial charge in [0.2, 0.25) is 5.91 Å². The number of aliphatic carboxylic acids is 2. The van der Waals surface area contributed by atoms with Gasteiger partial charge in [0.05, 0.1) is 18.3 Å². The number of nitrogens with one attached hydrogen (secondary N) is 1. The van der Waals surface area contributed by atoms with E-state index in [0.29, 0.717) is 12.5 Å². The smallest absolute Gasteiger partial charge is 0.475 e. The number of aromatic nitrogens is 1. The minimum absolute atomic E-state index is 0.000956. The average molecular weight is 588 g/mol. The van der Waals surface area contributed by atoms with Gasteiger partial charge in [0.15, 0.2) is 0 Å². The second kappa shape index (κ2) is 15.1. The number of carboxylic acid groups (broad SMARTS) is 2. The molecule has 0 aromatic carbocycles. The molecule has 4 rings (SSSR count). The number of hydrogen-bond acceptors (Lipinski definition) is 7. The van der Waals surface area contributed by atoms with Gasteiger partial charge in [0.25, 0.3) is 0 Å². The maximum absolute atomic E-state index is 12.5. The molecule has 0 bridgehead atoms. The molecule has 40 heavy (non-hydrogen) atoms. The lowest BCUT2D eigenvalue weighted by molar-refractivity contribution is -0.193. The number of likely N-dealkylation sites (tertiary alicyclic amines) is 1. The predicted octanol–water partition coefficient (Wildman–Crippen LogP) is 2.87. The number of ether oxygens (including phenoxy) is 2. The highest BCUT2D eigenvalue weighted by molar-refractivity contribution is 5.81. The number of piperidine rings is 1. The van der Waals surface area contributed by atoms with Crippen LogP contribution in [0.15, 0.2) is 24.4 Å². The van der Waals surface area contributed by atoms with E-state index in [4.69, 9.17) is 29.3 Å². The molecular weight excluding hydrogens is 556 g/mol. The summed E-state index contributed by atoms with van der Waals surface area (Å²) in [7, 11) is 0. The summed E-state index contributed by atoms with van der Waals surface area (Å²) in [6.07, 6.45) is -4.20. The summed E-state index contributed by atoms with van der Waals surface area (Å²) in [4.78, 5) is 37.0. The van der Waals surface area contributed by atoms with Gasteiger partial charge in [-0.05, 0) is 56.2 Å². The number of fused-ring (bicyclic) bond motifs is 1. The Morgan fingerprint density at radius 3 is 2.12 bits per heavy atom. The number of alkyl halides is 6. The molecule has 4 heterocycles. The number of carbonyl (C=O) groups is 3. The third-order valence-corrected chi connectivity index (χ3v) is 6.44. The Hall–Kier alpha value is -2.98. The predicted molar refractivity (Wildman–Crippen MR) is 125 cm³/mol. The molecule has 16 heteroatoms. The van der Waals surface area contributed by atoms with Crippen molar-refractivity contribution < 1.29 is 60.4 Å². The van der Waals surface area contributed by atoms with Crippen molar-refractivity contribution in [3.63, 3.8) is 0 Å². The molecule has 10 nitrogen and oxygen atoms in total. The zero-order chi connectivity index (χ0) is 29.9. The Morgan fingerprint density at radius 1 is 1.00 bits per heavy atom. The summed E-state index contributed by atoms with van der Waals surface area (Å²) in [5, 5.41) is 17.2. The largest absolute Gasteiger partial charge is 0.490 e. The second-order valence-corrected chi connectivity index (χ2v) is 9.41. The zero-order valence-electron chi connectivity index (χ0n) is 21.3. The Bertz CT molecular complexity index is 935. The number of rotatable bonds is 5. The summed E-state index contributed by atoms with van der Waals surface area (Å²) in [6, 6.07) is 5.73. The van der Waals surface area contributed by atoms with Crippen LogP contribution in [0.2, 0.25) is 0 Å². The van der Waals surface area contributed by atoms with Gasteiger partial charge in [0, 0.05) is 32.5 Å². The number of nitrogens with zero attached hydrogens (tertiary/aromatic N) is 2. The number of carboxylic acids is 2. The normalized spacial score (nSPS) is 23.5. The van der Waals surface area contributed by atoms with Crippen molar-refractivity contribution in [3.05, 3.63) is 30.1 Å². The fraction of sp³-hybridized carbons (Fsp3) is 0.667. The highest BCUT2D eigenvalue weighted by atomic mass is 19.4. The fourth-order valence-electron chi connectivity index (χ4n) is 4.42. The number of hydrogen-bond donors (Lipinski definition) is 3. The van der Waals surface area contributed by atoms with E-state index < -0.39 is 24.3 Å². The molecule has 1 aromatic rings. The van der Waals surface area contributed by atoms with E-state index in [1.54, 1.807) is 6.20 Å². The third-order valence-electron chi connectivity index (χ3n) is 6.44. The number of pyridine rings is 1. The summed E-state index contributed by atoms with van der Waals surface area (Å²) in [5.74, 6) is -4.24. The Kier molecular flexibility index (Phi) is 12.6. The van der Waals surface area contributed by atoms with Crippen LogP contribution in [0.1, 0.15) is 31.4 Å². The van der Waals surface area contributed by atoms with Crippen LogP contribution in [0.4, 0.5) is 26.3 Å². The van der Waals surface area contributed by atoms with Crippen molar-refractivity contribution in [1.82, 2.24) is 15.2 Å². The van der Waals surface area contributed by atoms with E-state index in [2.05, 4.69) is 15.2 Å². The fourth-order valence-corrected chi connectivity index (χ4v) is 4.42. The van der Waals surface area contributed by atoms with Gasteiger partial charge in [0.1, 0.15) is 6.10 Å². The molecule has 0 aliphatic carbocycles. The molecule has 1 amide bonds. The second-order valence-electron chi connectivity index (χ2n) is 9.41. The van der Waals surface area contributed by atoms with E-state index >= 15 is 0 Å². The molecule has 3 N–H and O–H groups in total. The van der Waals surface area contributed by atoms with Gasteiger partial charge in [-0.15, -0.1) is 0 Å². The van der Waals surface area contributed by atoms with Gasteiger partial charge in [-0.25, -0.2) is 9.59 Å². The van der Waals surface area contributed by atoms with Crippen LogP contribution in [0, 0.1) is 11.8 Å². The Morgan fingerprint density at radius 2 is 1.60 bits per heavy atom. The first-order valence-corrected chi connectivity index (χ1v) is 12.4. The summed E-state index contributed by atoms with van der Waals surface area (Å²) >= 11 is 0. The molecular formula is C24H31F6N3O7. The summed E-state index contributed by atoms with van der Waals surface area (Å²) in [5.41, 5.74) is 0.874. The van der Waals surface area contributed by atoms with E-state index in [-0.39, 0.29) is 18.1 Å². The minimum atomic E-state index is -5.08. The monoisotopic (exact) mass is 587 g/mol. The van der Waals surface area contributed by atoms with Crippen LogP contribution in [0.25, 0.3) is 0 Å². The standard InChI is InChI=1S/C20H29N3O3.2C2HF3O2/c24-20(22-12-17-3-1-2-7-21-17)18-11-16-4-8-23(14-19(16)26-18)13-15-5-9-25-10-6-15;2*3-2(4,5)1(6)7/h1-3,7,15-16,18-19H,4-6,8-14H2,(H,22,24);2*(H,6,7)/t16-,18+,19+;;/m0../s1. The number of carbonyl (C=O) groups excluding carboxylic acids is 1.